The van der Waals surface area contributed by atoms with Crippen molar-refractivity contribution in [3.8, 4) is 5.75 Å². The van der Waals surface area contributed by atoms with Gasteiger partial charge < -0.3 is 14.2 Å². The third kappa shape index (κ3) is 3.81. The van der Waals surface area contributed by atoms with Crippen LogP contribution in [0.4, 0.5) is 0 Å². The van der Waals surface area contributed by atoms with Gasteiger partial charge in [-0.1, -0.05) is 13.8 Å². The Morgan fingerprint density at radius 2 is 1.86 bits per heavy atom. The zero-order valence-corrected chi connectivity index (χ0v) is 13.8. The van der Waals surface area contributed by atoms with Crippen LogP contribution in [0.3, 0.4) is 0 Å². The molecule has 0 aliphatic rings. The molecule has 0 fully saturated rings. The van der Waals surface area contributed by atoms with Gasteiger partial charge in [-0.3, -0.25) is 4.79 Å². The maximum Gasteiger partial charge on any atom is 0.242 e. The molecule has 22 heavy (non-hydrogen) atoms. The van der Waals surface area contributed by atoms with Gasteiger partial charge in [-0.05, 0) is 44.0 Å². The lowest BCUT2D eigenvalue weighted by molar-refractivity contribution is -0.131. The Hall–Kier alpha value is -1.97. The minimum atomic E-state index is 0.190. The summed E-state index contributed by atoms with van der Waals surface area (Å²) in [4.78, 5) is 14.4. The molecule has 0 atom stereocenters. The maximum absolute atomic E-state index is 12.5. The molecule has 1 aromatic carbocycles. The smallest absolute Gasteiger partial charge is 0.242 e. The normalized spacial score (nSPS) is 10.9. The zero-order valence-electron chi connectivity index (χ0n) is 13.8. The number of rotatable bonds is 8. The molecule has 1 amide bonds. The molecule has 120 valence electrons. The summed E-state index contributed by atoms with van der Waals surface area (Å²) in [5.74, 6) is 1.06. The number of nitrogens with zero attached hydrogens (tertiary/aromatic N) is 2. The van der Waals surface area contributed by atoms with Gasteiger partial charge in [-0.2, -0.15) is 0 Å². The van der Waals surface area contributed by atoms with Gasteiger partial charge in [0, 0.05) is 30.2 Å². The highest BCUT2D eigenvalue weighted by Gasteiger charge is 2.13. The molecule has 0 bridgehead atoms. The highest BCUT2D eigenvalue weighted by atomic mass is 16.5. The van der Waals surface area contributed by atoms with Crippen LogP contribution in [0.1, 0.15) is 33.6 Å². The van der Waals surface area contributed by atoms with Crippen molar-refractivity contribution in [3.63, 3.8) is 0 Å². The topological polar surface area (TPSA) is 34.5 Å². The predicted octanol–water partition coefficient (Wildman–Crippen LogP) is 3.69. The Labute approximate surface area is 132 Å². The number of benzene rings is 1. The second kappa shape index (κ2) is 7.87. The van der Waals surface area contributed by atoms with Gasteiger partial charge in [0.15, 0.2) is 0 Å². The predicted molar refractivity (Wildman–Crippen MR) is 90.3 cm³/mol. The van der Waals surface area contributed by atoms with Crippen LogP contribution in [-0.2, 0) is 11.3 Å². The van der Waals surface area contributed by atoms with Gasteiger partial charge in [0.25, 0.3) is 0 Å². The zero-order chi connectivity index (χ0) is 15.9. The summed E-state index contributed by atoms with van der Waals surface area (Å²) in [6, 6.07) is 8.05. The summed E-state index contributed by atoms with van der Waals surface area (Å²) < 4.78 is 7.54. The largest absolute Gasteiger partial charge is 0.494 e. The van der Waals surface area contributed by atoms with Crippen molar-refractivity contribution in [1.82, 2.24) is 9.47 Å². The molecule has 2 rings (SSSR count). The molecule has 0 radical (unpaired) electrons. The van der Waals surface area contributed by atoms with E-state index in [-0.39, 0.29) is 5.91 Å². The standard InChI is InChI=1S/C18H26N2O2/c1-4-10-19(11-5-2)18(21)14-20-12-9-15-13-16(22-6-3)7-8-17(15)20/h7-9,12-13H,4-6,10-11,14H2,1-3H3. The third-order valence-corrected chi connectivity index (χ3v) is 3.70. The SMILES string of the molecule is CCCN(CCC)C(=O)Cn1ccc2cc(OCC)ccc21. The van der Waals surface area contributed by atoms with Gasteiger partial charge in [0.1, 0.15) is 12.3 Å². The maximum atomic E-state index is 12.5. The van der Waals surface area contributed by atoms with Crippen molar-refractivity contribution in [1.29, 1.82) is 0 Å². The molecular formula is C18H26N2O2. The molecule has 2 aromatic rings. The summed E-state index contributed by atoms with van der Waals surface area (Å²) >= 11 is 0. The quantitative estimate of drug-likeness (QED) is 0.745. The fraction of sp³-hybridized carbons (Fsp3) is 0.500. The minimum absolute atomic E-state index is 0.190. The lowest BCUT2D eigenvalue weighted by atomic mass is 10.2. The average Bonchev–Trinajstić information content (AvgIpc) is 2.90. The number of hydrogen-bond donors (Lipinski definition) is 0. The first-order chi connectivity index (χ1) is 10.7. The molecule has 0 aliphatic carbocycles. The Kier molecular flexibility index (Phi) is 5.87. The molecule has 0 N–H and O–H groups in total. The van der Waals surface area contributed by atoms with Crippen LogP contribution in [-0.4, -0.2) is 35.1 Å². The van der Waals surface area contributed by atoms with E-state index in [4.69, 9.17) is 4.74 Å². The number of ether oxygens (including phenoxy) is 1. The van der Waals surface area contributed by atoms with E-state index in [1.807, 2.05) is 46.9 Å². The van der Waals surface area contributed by atoms with E-state index in [9.17, 15) is 4.79 Å². The molecule has 0 saturated carbocycles. The van der Waals surface area contributed by atoms with Gasteiger partial charge in [0.2, 0.25) is 5.91 Å². The number of aromatic nitrogens is 1. The van der Waals surface area contributed by atoms with Crippen molar-refractivity contribution >= 4 is 16.8 Å². The van der Waals surface area contributed by atoms with Crippen LogP contribution in [0.25, 0.3) is 10.9 Å². The highest BCUT2D eigenvalue weighted by molar-refractivity contribution is 5.84. The van der Waals surface area contributed by atoms with Crippen molar-refractivity contribution in [2.75, 3.05) is 19.7 Å². The second-order valence-electron chi connectivity index (χ2n) is 5.48. The van der Waals surface area contributed by atoms with Gasteiger partial charge in [-0.15, -0.1) is 0 Å². The Morgan fingerprint density at radius 1 is 1.14 bits per heavy atom. The van der Waals surface area contributed by atoms with Crippen LogP contribution in [0.5, 0.6) is 5.75 Å². The van der Waals surface area contributed by atoms with E-state index in [1.165, 1.54) is 0 Å². The van der Waals surface area contributed by atoms with Crippen molar-refractivity contribution in [3.05, 3.63) is 30.5 Å². The number of carbonyl (C=O) groups is 1. The monoisotopic (exact) mass is 302 g/mol. The fourth-order valence-electron chi connectivity index (χ4n) is 2.72. The molecule has 0 aliphatic heterocycles. The van der Waals surface area contributed by atoms with E-state index >= 15 is 0 Å². The third-order valence-electron chi connectivity index (χ3n) is 3.70. The summed E-state index contributed by atoms with van der Waals surface area (Å²) in [5, 5.41) is 1.11. The van der Waals surface area contributed by atoms with Crippen LogP contribution in [0, 0.1) is 0 Å². The Bertz CT molecular complexity index is 613. The lowest BCUT2D eigenvalue weighted by Crippen LogP contribution is -2.35. The second-order valence-corrected chi connectivity index (χ2v) is 5.48. The molecule has 1 heterocycles. The molecule has 4 nitrogen and oxygen atoms in total. The number of amides is 1. The van der Waals surface area contributed by atoms with E-state index in [0.29, 0.717) is 13.2 Å². The minimum Gasteiger partial charge on any atom is -0.494 e. The van der Waals surface area contributed by atoms with Crippen LogP contribution >= 0.6 is 0 Å². The first kappa shape index (κ1) is 16.4. The van der Waals surface area contributed by atoms with Crippen molar-refractivity contribution < 1.29 is 9.53 Å². The van der Waals surface area contributed by atoms with E-state index in [1.54, 1.807) is 0 Å². The lowest BCUT2D eigenvalue weighted by Gasteiger charge is -2.22. The molecule has 0 spiro atoms. The van der Waals surface area contributed by atoms with Gasteiger partial charge >= 0.3 is 0 Å². The molecule has 0 unspecified atom stereocenters. The average molecular weight is 302 g/mol. The van der Waals surface area contributed by atoms with Gasteiger partial charge in [0.05, 0.1) is 6.61 Å². The first-order valence-electron chi connectivity index (χ1n) is 8.19. The molecular weight excluding hydrogens is 276 g/mol. The number of carbonyl (C=O) groups excluding carboxylic acids is 1. The summed E-state index contributed by atoms with van der Waals surface area (Å²) in [6.07, 6.45) is 3.97. The highest BCUT2D eigenvalue weighted by Crippen LogP contribution is 2.22. The summed E-state index contributed by atoms with van der Waals surface area (Å²) in [6.45, 7) is 8.92. The number of fused-ring (bicyclic) bond motifs is 1. The van der Waals surface area contributed by atoms with E-state index < -0.39 is 0 Å². The van der Waals surface area contributed by atoms with Crippen molar-refractivity contribution in [2.45, 2.75) is 40.2 Å². The van der Waals surface area contributed by atoms with Gasteiger partial charge in [-0.25, -0.2) is 0 Å². The van der Waals surface area contributed by atoms with E-state index in [0.717, 1.165) is 42.6 Å². The summed E-state index contributed by atoms with van der Waals surface area (Å²) in [7, 11) is 0. The molecule has 1 aromatic heterocycles. The van der Waals surface area contributed by atoms with Crippen LogP contribution < -0.4 is 4.74 Å². The van der Waals surface area contributed by atoms with E-state index in [2.05, 4.69) is 13.8 Å². The van der Waals surface area contributed by atoms with Crippen LogP contribution in [0.2, 0.25) is 0 Å². The molecule has 0 saturated heterocycles. The fourth-order valence-corrected chi connectivity index (χ4v) is 2.72. The van der Waals surface area contributed by atoms with Crippen molar-refractivity contribution in [2.24, 2.45) is 0 Å². The molecule has 4 heteroatoms. The Morgan fingerprint density at radius 3 is 2.50 bits per heavy atom. The summed E-state index contributed by atoms with van der Waals surface area (Å²) in [5.41, 5.74) is 1.07. The number of hydrogen-bond acceptors (Lipinski definition) is 2. The first-order valence-corrected chi connectivity index (χ1v) is 8.19. The van der Waals surface area contributed by atoms with Crippen LogP contribution in [0.15, 0.2) is 30.5 Å². The Balaban J connectivity index is 2.15.